The van der Waals surface area contributed by atoms with E-state index in [2.05, 4.69) is 322 Å². The van der Waals surface area contributed by atoms with Gasteiger partial charge in [0.1, 0.15) is 5.84 Å². The number of aliphatic imine (C=N–C) groups is 2. The first-order valence-electron chi connectivity index (χ1n) is 30.2. The van der Waals surface area contributed by atoms with Crippen LogP contribution in [0.3, 0.4) is 0 Å². The average Bonchev–Trinajstić information content (AvgIpc) is 1.88. The minimum absolute atomic E-state index is 0.0555. The molecule has 1 heterocycles. The molecule has 12 aromatic carbocycles. The van der Waals surface area contributed by atoms with Crippen LogP contribution < -0.4 is 5.32 Å². The molecular weight excluding hydrogens is 1050 g/mol. The number of hydrogen-bond acceptors (Lipinski definition) is 3. The van der Waals surface area contributed by atoms with E-state index in [0.717, 1.165) is 62.8 Å². The summed E-state index contributed by atoms with van der Waals surface area (Å²) < 4.78 is 0. The highest BCUT2D eigenvalue weighted by molar-refractivity contribution is 6.18. The highest BCUT2D eigenvalue weighted by Gasteiger charge is 2.47. The molecule has 0 amide bonds. The molecule has 12 aromatic rings. The number of hydrogen-bond donors (Lipinski definition) is 1. The normalized spacial score (nSPS) is 16.5. The Morgan fingerprint density at radius 3 is 1.56 bits per heavy atom. The smallest absolute Gasteiger partial charge is 0.134 e. The van der Waals surface area contributed by atoms with Gasteiger partial charge in [0.25, 0.3) is 0 Å². The van der Waals surface area contributed by atoms with Crippen LogP contribution in [0.2, 0.25) is 0 Å². The lowest BCUT2D eigenvalue weighted by atomic mass is 9.67. The fraction of sp³-hybridized carbons (Fsp3) is 0.0476. The molecule has 16 rings (SSSR count). The predicted octanol–water partition coefficient (Wildman–Crippen LogP) is 20.7. The number of fused-ring (bicyclic) bond motifs is 10. The maximum Gasteiger partial charge on any atom is 0.134 e. The SMILES string of the molecule is C=C(N=C1C=CC=C/C1=C(/CC)c1ccc2c(c1)C(c1ccccc1)(c1ccccc1)c1cc(C3=C4C=CC=CC4NC(c4ccc(-c5cc6ccccc6c6ccccc56)cc4)=N3)ccc1-2)c1ccc(-c2cc3ccccc3c3ccccc23)cc1. The van der Waals surface area contributed by atoms with Crippen molar-refractivity contribution in [1.82, 2.24) is 5.32 Å². The quantitative estimate of drug-likeness (QED) is 0.136. The van der Waals surface area contributed by atoms with Crippen molar-refractivity contribution in [3.63, 3.8) is 0 Å². The van der Waals surface area contributed by atoms with Crippen molar-refractivity contribution >= 4 is 71.6 Å². The van der Waals surface area contributed by atoms with E-state index in [0.29, 0.717) is 0 Å². The van der Waals surface area contributed by atoms with Gasteiger partial charge >= 0.3 is 0 Å². The molecular formula is C84H59N3. The Bertz CT molecular complexity index is 5040. The molecule has 4 aliphatic rings. The maximum absolute atomic E-state index is 5.61. The molecule has 3 nitrogen and oxygen atoms in total. The summed E-state index contributed by atoms with van der Waals surface area (Å²) in [6.45, 7) is 6.85. The summed E-state index contributed by atoms with van der Waals surface area (Å²) >= 11 is 0. The van der Waals surface area contributed by atoms with Crippen LogP contribution in [-0.2, 0) is 5.41 Å². The van der Waals surface area contributed by atoms with Gasteiger partial charge in [0.15, 0.2) is 0 Å². The average molecular weight is 1110 g/mol. The molecule has 1 unspecified atom stereocenters. The van der Waals surface area contributed by atoms with Crippen molar-refractivity contribution < 1.29 is 0 Å². The van der Waals surface area contributed by atoms with Gasteiger partial charge in [-0.15, -0.1) is 0 Å². The van der Waals surface area contributed by atoms with Crippen molar-refractivity contribution in [3.05, 3.63) is 366 Å². The third-order valence-electron chi connectivity index (χ3n) is 18.4. The molecule has 0 saturated heterocycles. The summed E-state index contributed by atoms with van der Waals surface area (Å²) in [5.41, 5.74) is 21.7. The molecule has 0 fully saturated rings. The molecule has 0 spiro atoms. The Morgan fingerprint density at radius 1 is 0.448 bits per heavy atom. The highest BCUT2D eigenvalue weighted by atomic mass is 15.1. The van der Waals surface area contributed by atoms with E-state index in [4.69, 9.17) is 9.98 Å². The second-order valence-corrected chi connectivity index (χ2v) is 23.1. The van der Waals surface area contributed by atoms with Gasteiger partial charge in [0.05, 0.1) is 28.6 Å². The summed E-state index contributed by atoms with van der Waals surface area (Å²) in [5, 5.41) is 13.8. The Morgan fingerprint density at radius 2 is 0.943 bits per heavy atom. The van der Waals surface area contributed by atoms with Gasteiger partial charge < -0.3 is 5.32 Å². The molecule has 1 aliphatic heterocycles. The van der Waals surface area contributed by atoms with Crippen LogP contribution in [0.25, 0.3) is 93.4 Å². The molecule has 3 aliphatic carbocycles. The number of amidine groups is 1. The third-order valence-corrected chi connectivity index (χ3v) is 18.4. The standard InChI is InChI=1S/C84H59N3/c1-3-65(74-34-18-20-36-80(74)85-54(2)55-38-40-56(41-39-55)76-50-59-22-10-12-28-66(59)68-30-14-16-32-70(68)76)61-46-48-72-73-49-47-62(53-79(73)84(78(72)52-61,63-24-6-4-7-25-63)64-26-8-5-9-27-64)82-75-35-19-21-37-81(75)86-83(87-82)58-44-42-57(43-45-58)77-51-60-23-11-13-29-67(60)69-31-15-17-33-71(69)77/h4-53,81H,2-3H2,1H3,(H,86,87)/b74-65+,85-80?. The number of nitrogens with one attached hydrogen (secondary N) is 1. The highest BCUT2D eigenvalue weighted by Crippen LogP contribution is 2.57. The summed E-state index contributed by atoms with van der Waals surface area (Å²) in [7, 11) is 0. The largest absolute Gasteiger partial charge is 0.359 e. The van der Waals surface area contributed by atoms with Gasteiger partial charge in [-0.2, -0.15) is 0 Å². The van der Waals surface area contributed by atoms with E-state index in [1.165, 1.54) is 104 Å². The zero-order valence-electron chi connectivity index (χ0n) is 48.3. The van der Waals surface area contributed by atoms with Crippen molar-refractivity contribution in [2.75, 3.05) is 0 Å². The Kier molecular flexibility index (Phi) is 12.6. The summed E-state index contributed by atoms with van der Waals surface area (Å²) in [6, 6.07) is 93.6. The van der Waals surface area contributed by atoms with Crippen molar-refractivity contribution in [3.8, 4) is 33.4 Å². The molecule has 410 valence electrons. The molecule has 0 radical (unpaired) electrons. The molecule has 0 bridgehead atoms. The van der Waals surface area contributed by atoms with Gasteiger partial charge in [-0.25, -0.2) is 9.98 Å². The van der Waals surface area contributed by atoms with E-state index >= 15 is 0 Å². The van der Waals surface area contributed by atoms with Crippen LogP contribution >= 0.6 is 0 Å². The van der Waals surface area contributed by atoms with Gasteiger partial charge in [0.2, 0.25) is 0 Å². The second kappa shape index (κ2) is 21.3. The summed E-state index contributed by atoms with van der Waals surface area (Å²) in [4.78, 5) is 11.0. The van der Waals surface area contributed by atoms with Gasteiger partial charge in [-0.3, -0.25) is 0 Å². The topological polar surface area (TPSA) is 36.8 Å². The van der Waals surface area contributed by atoms with E-state index in [1.807, 2.05) is 0 Å². The molecule has 1 N–H and O–H groups in total. The Balaban J connectivity index is 0.784. The summed E-state index contributed by atoms with van der Waals surface area (Å²) in [5.74, 6) is 0.848. The lowest BCUT2D eigenvalue weighted by Crippen LogP contribution is -2.39. The van der Waals surface area contributed by atoms with Crippen molar-refractivity contribution in [2.45, 2.75) is 24.8 Å². The van der Waals surface area contributed by atoms with Gasteiger partial charge in [-0.1, -0.05) is 287 Å². The third kappa shape index (κ3) is 8.65. The molecule has 87 heavy (non-hydrogen) atoms. The first-order valence-corrected chi connectivity index (χ1v) is 30.2. The first kappa shape index (κ1) is 51.6. The monoisotopic (exact) mass is 1110 g/mol. The van der Waals surface area contributed by atoms with Crippen LogP contribution in [0.1, 0.15) is 57.9 Å². The maximum atomic E-state index is 5.61. The molecule has 0 aromatic heterocycles. The van der Waals surface area contributed by atoms with Crippen LogP contribution in [0, 0.1) is 0 Å². The number of rotatable bonds is 10. The van der Waals surface area contributed by atoms with Crippen LogP contribution in [0.4, 0.5) is 0 Å². The van der Waals surface area contributed by atoms with Gasteiger partial charge in [-0.05, 0) is 152 Å². The zero-order chi connectivity index (χ0) is 58.0. The number of allylic oxidation sites excluding steroid dienone is 8. The second-order valence-electron chi connectivity index (χ2n) is 23.1. The van der Waals surface area contributed by atoms with Crippen molar-refractivity contribution in [2.24, 2.45) is 9.98 Å². The number of benzene rings is 12. The minimum Gasteiger partial charge on any atom is -0.359 e. The fourth-order valence-electron chi connectivity index (χ4n) is 14.3. The van der Waals surface area contributed by atoms with Gasteiger partial charge in [0, 0.05) is 22.3 Å². The lowest BCUT2D eigenvalue weighted by molar-refractivity contribution is 0.767. The van der Waals surface area contributed by atoms with E-state index in [9.17, 15) is 0 Å². The lowest BCUT2D eigenvalue weighted by Gasteiger charge is -2.34. The van der Waals surface area contributed by atoms with Crippen molar-refractivity contribution in [1.29, 1.82) is 0 Å². The Hall–Kier alpha value is -11.0. The molecule has 1 atom stereocenters. The Labute approximate surface area is 507 Å². The fourth-order valence-corrected chi connectivity index (χ4v) is 14.3. The van der Waals surface area contributed by atoms with Crippen LogP contribution in [0.5, 0.6) is 0 Å². The van der Waals surface area contributed by atoms with E-state index in [1.54, 1.807) is 0 Å². The molecule has 3 heteroatoms. The summed E-state index contributed by atoms with van der Waals surface area (Å²) in [6.07, 6.45) is 18.1. The predicted molar refractivity (Wildman–Crippen MR) is 368 cm³/mol. The minimum atomic E-state index is -0.670. The first-order chi connectivity index (χ1) is 43.0. The van der Waals surface area contributed by atoms with E-state index in [-0.39, 0.29) is 6.04 Å². The zero-order valence-corrected chi connectivity index (χ0v) is 48.3. The van der Waals surface area contributed by atoms with Crippen LogP contribution in [-0.4, -0.2) is 17.6 Å². The number of nitrogens with zero attached hydrogens (tertiary/aromatic N) is 2. The molecule has 0 saturated carbocycles. The van der Waals surface area contributed by atoms with Crippen LogP contribution in [0.15, 0.2) is 331 Å². The van der Waals surface area contributed by atoms with E-state index < -0.39 is 5.41 Å².